The number of aromatic nitrogens is 2. The van der Waals surface area contributed by atoms with E-state index < -0.39 is 0 Å². The number of pyridine rings is 1. The van der Waals surface area contributed by atoms with Crippen molar-refractivity contribution in [2.24, 2.45) is 0 Å². The third kappa shape index (κ3) is 1.99. The first-order valence-electron chi connectivity index (χ1n) is 6.17. The lowest BCUT2D eigenvalue weighted by molar-refractivity contribution is 0.322. The number of aryl methyl sites for hydroxylation is 1. The molecule has 1 aromatic carbocycles. The van der Waals surface area contributed by atoms with Crippen molar-refractivity contribution in [1.82, 2.24) is 10.1 Å². The molecule has 0 spiro atoms. The number of ether oxygens (including phenoxy) is 1. The molecule has 2 aromatic heterocycles. The second-order valence-corrected chi connectivity index (χ2v) is 4.35. The maximum absolute atomic E-state index is 5.42. The summed E-state index contributed by atoms with van der Waals surface area (Å²) in [6.07, 6.45) is 8.77. The van der Waals surface area contributed by atoms with Crippen LogP contribution >= 0.6 is 0 Å². The van der Waals surface area contributed by atoms with Crippen LogP contribution in [-0.2, 0) is 0 Å². The summed E-state index contributed by atoms with van der Waals surface area (Å²) in [5, 5.41) is 4.74. The van der Waals surface area contributed by atoms with E-state index in [1.807, 2.05) is 37.4 Å². The molecule has 0 aliphatic heterocycles. The van der Waals surface area contributed by atoms with Gasteiger partial charge in [-0.2, -0.15) is 0 Å². The molecule has 0 aliphatic carbocycles. The lowest BCUT2D eigenvalue weighted by atomic mass is 10.0. The third-order valence-electron chi connectivity index (χ3n) is 3.09. The number of hydrogen-bond acceptors (Lipinski definition) is 4. The van der Waals surface area contributed by atoms with E-state index in [0.717, 1.165) is 22.1 Å². The Kier molecular flexibility index (Phi) is 3.10. The summed E-state index contributed by atoms with van der Waals surface area (Å²) in [5.41, 5.74) is 3.75. The number of hydrogen-bond donors (Lipinski definition) is 0. The van der Waals surface area contributed by atoms with E-state index in [2.05, 4.69) is 16.1 Å². The standard InChI is InChI=1S/C16H12N2O2/c1-3-9-19-16-13-6-4-5-12(15(13)20-18-16)14-10-17-8-7-11(14)2/h1,4-8,10H,9H2,2H3. The predicted molar refractivity (Wildman–Crippen MR) is 76.3 cm³/mol. The molecular weight excluding hydrogens is 252 g/mol. The first-order chi connectivity index (χ1) is 9.81. The zero-order valence-corrected chi connectivity index (χ0v) is 11.0. The molecule has 4 heteroatoms. The van der Waals surface area contributed by atoms with Gasteiger partial charge in [0.2, 0.25) is 0 Å². The van der Waals surface area contributed by atoms with E-state index in [1.54, 1.807) is 6.20 Å². The number of terminal acetylenes is 1. The molecule has 2 heterocycles. The third-order valence-corrected chi connectivity index (χ3v) is 3.09. The minimum absolute atomic E-state index is 0.164. The van der Waals surface area contributed by atoms with Crippen LogP contribution in [0.1, 0.15) is 5.56 Å². The fourth-order valence-electron chi connectivity index (χ4n) is 2.11. The van der Waals surface area contributed by atoms with Crippen molar-refractivity contribution in [3.63, 3.8) is 0 Å². The molecule has 0 N–H and O–H groups in total. The molecule has 0 saturated heterocycles. The SMILES string of the molecule is C#CCOc1noc2c(-c3cnccc3C)cccc12. The second-order valence-electron chi connectivity index (χ2n) is 4.35. The fourth-order valence-corrected chi connectivity index (χ4v) is 2.11. The smallest absolute Gasteiger partial charge is 0.263 e. The van der Waals surface area contributed by atoms with Crippen molar-refractivity contribution in [3.8, 4) is 29.4 Å². The lowest BCUT2D eigenvalue weighted by Crippen LogP contribution is -1.93. The highest BCUT2D eigenvalue weighted by Gasteiger charge is 2.15. The van der Waals surface area contributed by atoms with Crippen LogP contribution in [0.25, 0.3) is 22.1 Å². The first-order valence-corrected chi connectivity index (χ1v) is 6.17. The molecule has 3 aromatic rings. The van der Waals surface area contributed by atoms with Gasteiger partial charge in [-0.05, 0) is 29.8 Å². The monoisotopic (exact) mass is 264 g/mol. The Bertz CT molecular complexity index is 800. The number of benzene rings is 1. The molecule has 0 fully saturated rings. The van der Waals surface area contributed by atoms with Crippen molar-refractivity contribution in [2.45, 2.75) is 6.92 Å². The Morgan fingerprint density at radius 2 is 2.20 bits per heavy atom. The summed E-state index contributed by atoms with van der Waals surface area (Å²) in [4.78, 5) is 4.17. The highest BCUT2D eigenvalue weighted by molar-refractivity contribution is 5.95. The van der Waals surface area contributed by atoms with Crippen molar-refractivity contribution in [1.29, 1.82) is 0 Å². The van der Waals surface area contributed by atoms with E-state index in [-0.39, 0.29) is 6.61 Å². The second kappa shape index (κ2) is 5.06. The molecule has 0 saturated carbocycles. The summed E-state index contributed by atoms with van der Waals surface area (Å²) in [5.74, 6) is 2.83. The Hall–Kier alpha value is -2.80. The van der Waals surface area contributed by atoms with Crippen LogP contribution in [0.5, 0.6) is 5.88 Å². The molecule has 0 aliphatic rings. The van der Waals surface area contributed by atoms with Gasteiger partial charge in [-0.1, -0.05) is 18.1 Å². The lowest BCUT2D eigenvalue weighted by Gasteiger charge is -2.04. The minimum Gasteiger partial charge on any atom is -0.462 e. The molecule has 20 heavy (non-hydrogen) atoms. The zero-order valence-electron chi connectivity index (χ0n) is 11.0. The molecule has 0 amide bonds. The average Bonchev–Trinajstić information content (AvgIpc) is 2.89. The first kappa shape index (κ1) is 12.2. The van der Waals surface area contributed by atoms with Crippen LogP contribution in [0.15, 0.2) is 41.2 Å². The quantitative estimate of drug-likeness (QED) is 0.681. The highest BCUT2D eigenvalue weighted by Crippen LogP contribution is 2.34. The molecular formula is C16H12N2O2. The van der Waals surface area contributed by atoms with Gasteiger partial charge in [-0.15, -0.1) is 6.42 Å². The van der Waals surface area contributed by atoms with Gasteiger partial charge >= 0.3 is 0 Å². The van der Waals surface area contributed by atoms with E-state index >= 15 is 0 Å². The topological polar surface area (TPSA) is 48.2 Å². The van der Waals surface area contributed by atoms with Crippen LogP contribution in [0.4, 0.5) is 0 Å². The molecule has 0 unspecified atom stereocenters. The molecule has 98 valence electrons. The van der Waals surface area contributed by atoms with Gasteiger partial charge < -0.3 is 9.26 Å². The number of fused-ring (bicyclic) bond motifs is 1. The summed E-state index contributed by atoms with van der Waals surface area (Å²) in [6, 6.07) is 7.76. The van der Waals surface area contributed by atoms with Gasteiger partial charge in [0.05, 0.1) is 5.39 Å². The van der Waals surface area contributed by atoms with E-state index in [4.69, 9.17) is 15.7 Å². The van der Waals surface area contributed by atoms with Gasteiger partial charge in [0.25, 0.3) is 5.88 Å². The van der Waals surface area contributed by atoms with Crippen molar-refractivity contribution in [3.05, 3.63) is 42.2 Å². The van der Waals surface area contributed by atoms with Crippen LogP contribution in [0.2, 0.25) is 0 Å². The normalized spacial score (nSPS) is 10.4. The molecule has 0 radical (unpaired) electrons. The Balaban J connectivity index is 2.16. The highest BCUT2D eigenvalue weighted by atomic mass is 16.5. The fraction of sp³-hybridized carbons (Fsp3) is 0.125. The van der Waals surface area contributed by atoms with Crippen LogP contribution in [-0.4, -0.2) is 16.7 Å². The number of nitrogens with zero attached hydrogens (tertiary/aromatic N) is 2. The van der Waals surface area contributed by atoms with Crippen LogP contribution in [0, 0.1) is 19.3 Å². The predicted octanol–water partition coefficient (Wildman–Crippen LogP) is 3.21. The number of rotatable bonds is 3. The largest absolute Gasteiger partial charge is 0.462 e. The Labute approximate surface area is 116 Å². The average molecular weight is 264 g/mol. The number of para-hydroxylation sites is 1. The summed E-state index contributed by atoms with van der Waals surface area (Å²) in [7, 11) is 0. The Morgan fingerprint density at radius 3 is 3.00 bits per heavy atom. The van der Waals surface area contributed by atoms with Gasteiger partial charge in [-0.25, -0.2) is 0 Å². The molecule has 0 atom stereocenters. The zero-order chi connectivity index (χ0) is 13.9. The maximum atomic E-state index is 5.42. The molecule has 4 nitrogen and oxygen atoms in total. The van der Waals surface area contributed by atoms with Gasteiger partial charge in [-0.3, -0.25) is 4.98 Å². The molecule has 0 bridgehead atoms. The summed E-state index contributed by atoms with van der Waals surface area (Å²) < 4.78 is 10.8. The van der Waals surface area contributed by atoms with E-state index in [1.165, 1.54) is 0 Å². The summed E-state index contributed by atoms with van der Waals surface area (Å²) >= 11 is 0. The van der Waals surface area contributed by atoms with Gasteiger partial charge in [0.15, 0.2) is 12.2 Å². The molecule has 3 rings (SSSR count). The van der Waals surface area contributed by atoms with Gasteiger partial charge in [0.1, 0.15) is 0 Å². The maximum Gasteiger partial charge on any atom is 0.263 e. The summed E-state index contributed by atoms with van der Waals surface area (Å²) in [6.45, 7) is 2.19. The van der Waals surface area contributed by atoms with Gasteiger partial charge in [0, 0.05) is 23.5 Å². The van der Waals surface area contributed by atoms with E-state index in [9.17, 15) is 0 Å². The minimum atomic E-state index is 0.164. The van der Waals surface area contributed by atoms with Crippen molar-refractivity contribution >= 4 is 11.0 Å². The van der Waals surface area contributed by atoms with Crippen LogP contribution < -0.4 is 4.74 Å². The van der Waals surface area contributed by atoms with Crippen molar-refractivity contribution in [2.75, 3.05) is 6.61 Å². The van der Waals surface area contributed by atoms with Crippen molar-refractivity contribution < 1.29 is 9.26 Å². The van der Waals surface area contributed by atoms with E-state index in [0.29, 0.717) is 11.5 Å². The Morgan fingerprint density at radius 1 is 1.30 bits per heavy atom. The van der Waals surface area contributed by atoms with Crippen LogP contribution in [0.3, 0.4) is 0 Å².